The number of carboxylic acid groups (broad SMARTS) is 1. The lowest BCUT2D eigenvalue weighted by Gasteiger charge is -2.51. The molecule has 4 rings (SSSR count). The van der Waals surface area contributed by atoms with Crippen LogP contribution in [0.25, 0.3) is 0 Å². The molecule has 3 aliphatic rings. The van der Waals surface area contributed by atoms with Gasteiger partial charge in [-0.3, -0.25) is 19.3 Å². The third-order valence-electron chi connectivity index (χ3n) is 8.70. The molecular formula is C30H45N3O4. The zero-order valence-electron chi connectivity index (χ0n) is 22.8. The quantitative estimate of drug-likeness (QED) is 0.621. The molecule has 0 saturated carbocycles. The molecule has 37 heavy (non-hydrogen) atoms. The molecule has 2 bridgehead atoms. The minimum Gasteiger partial charge on any atom is -0.481 e. The Morgan fingerprint density at radius 3 is 2.49 bits per heavy atom. The summed E-state index contributed by atoms with van der Waals surface area (Å²) in [6.45, 7) is 10.1. The Morgan fingerprint density at radius 1 is 1.05 bits per heavy atom. The van der Waals surface area contributed by atoms with Crippen LogP contribution in [0, 0.1) is 23.7 Å². The molecule has 3 heterocycles. The number of aliphatic carboxylic acids is 1. The van der Waals surface area contributed by atoms with Crippen LogP contribution in [0.1, 0.15) is 76.8 Å². The van der Waals surface area contributed by atoms with Gasteiger partial charge in [-0.05, 0) is 66.9 Å². The average Bonchev–Trinajstić information content (AvgIpc) is 2.83. The fraction of sp³-hybridized carbons (Fsp3) is 0.700. The lowest BCUT2D eigenvalue weighted by Crippen LogP contribution is -2.59. The van der Waals surface area contributed by atoms with E-state index < -0.39 is 5.97 Å². The smallest absolute Gasteiger partial charge is 0.307 e. The highest BCUT2D eigenvalue weighted by atomic mass is 16.4. The summed E-state index contributed by atoms with van der Waals surface area (Å²) in [5.41, 5.74) is 2.02. The Labute approximate surface area is 222 Å². The van der Waals surface area contributed by atoms with Gasteiger partial charge in [0, 0.05) is 51.1 Å². The van der Waals surface area contributed by atoms with Crippen LogP contribution in [-0.2, 0) is 27.3 Å². The van der Waals surface area contributed by atoms with Gasteiger partial charge in [-0.15, -0.1) is 0 Å². The van der Waals surface area contributed by atoms with Crippen molar-refractivity contribution in [2.75, 3.05) is 19.6 Å². The Hall–Kier alpha value is -2.41. The molecule has 7 nitrogen and oxygen atoms in total. The maximum Gasteiger partial charge on any atom is 0.307 e. The number of benzene rings is 1. The predicted octanol–water partition coefficient (Wildman–Crippen LogP) is 4.09. The maximum absolute atomic E-state index is 13.5. The molecule has 0 spiro atoms. The number of hydrogen-bond acceptors (Lipinski definition) is 4. The van der Waals surface area contributed by atoms with E-state index in [4.69, 9.17) is 5.11 Å². The fourth-order valence-corrected chi connectivity index (χ4v) is 6.73. The topological polar surface area (TPSA) is 90.0 Å². The molecule has 204 valence electrons. The van der Waals surface area contributed by atoms with E-state index in [1.807, 2.05) is 24.3 Å². The van der Waals surface area contributed by atoms with Crippen LogP contribution >= 0.6 is 0 Å². The van der Waals surface area contributed by atoms with Crippen LogP contribution in [0.5, 0.6) is 0 Å². The van der Waals surface area contributed by atoms with Crippen molar-refractivity contribution in [3.05, 3.63) is 35.4 Å². The summed E-state index contributed by atoms with van der Waals surface area (Å²) in [4.78, 5) is 42.0. The second-order valence-electron chi connectivity index (χ2n) is 12.3. The SMILES string of the molecule is CC(C)[C@@H]1CC[C@@H](C)CC(=O)N2C[C@H]3C[C@H](CN(Cc4ccc(CC(=O)O)cc4)C3)[C@@H]2CCCC(=O)N1. The Kier molecular flexibility index (Phi) is 9.27. The monoisotopic (exact) mass is 511 g/mol. The lowest BCUT2D eigenvalue weighted by molar-refractivity contribution is -0.142. The van der Waals surface area contributed by atoms with E-state index in [-0.39, 0.29) is 24.4 Å². The Bertz CT molecular complexity index is 947. The lowest BCUT2D eigenvalue weighted by atomic mass is 9.77. The first-order valence-corrected chi connectivity index (χ1v) is 14.3. The molecule has 0 unspecified atom stereocenters. The molecule has 2 N–H and O–H groups in total. The number of carbonyl (C=O) groups is 3. The molecule has 5 atom stereocenters. The van der Waals surface area contributed by atoms with Gasteiger partial charge in [-0.25, -0.2) is 0 Å². The molecule has 0 aromatic heterocycles. The normalized spacial score (nSPS) is 30.1. The first-order chi connectivity index (χ1) is 17.7. The summed E-state index contributed by atoms with van der Waals surface area (Å²) in [5, 5.41) is 12.3. The third-order valence-corrected chi connectivity index (χ3v) is 8.70. The van der Waals surface area contributed by atoms with Gasteiger partial charge in [-0.2, -0.15) is 0 Å². The minimum absolute atomic E-state index is 0.0501. The molecule has 1 aromatic rings. The molecular weight excluding hydrogens is 466 g/mol. The number of carbonyl (C=O) groups excluding carboxylic acids is 2. The van der Waals surface area contributed by atoms with Gasteiger partial charge in [0.2, 0.25) is 11.8 Å². The number of fused-ring (bicyclic) bond motifs is 4. The van der Waals surface area contributed by atoms with Crippen molar-refractivity contribution < 1.29 is 19.5 Å². The number of likely N-dealkylation sites (tertiary alicyclic amines) is 1. The van der Waals surface area contributed by atoms with Crippen molar-refractivity contribution in [1.82, 2.24) is 15.1 Å². The summed E-state index contributed by atoms with van der Waals surface area (Å²) in [6, 6.07) is 8.30. The number of nitrogens with zero attached hydrogens (tertiary/aromatic N) is 2. The number of amides is 2. The molecule has 3 fully saturated rings. The zero-order chi connectivity index (χ0) is 26.5. The van der Waals surface area contributed by atoms with Crippen LogP contribution in [0.15, 0.2) is 24.3 Å². The average molecular weight is 512 g/mol. The molecule has 3 aliphatic heterocycles. The van der Waals surface area contributed by atoms with Crippen LogP contribution in [0.3, 0.4) is 0 Å². The van der Waals surface area contributed by atoms with E-state index in [1.54, 1.807) is 0 Å². The van der Waals surface area contributed by atoms with Gasteiger partial charge in [0.25, 0.3) is 0 Å². The van der Waals surface area contributed by atoms with Gasteiger partial charge in [-0.1, -0.05) is 45.0 Å². The highest BCUT2D eigenvalue weighted by molar-refractivity contribution is 5.77. The van der Waals surface area contributed by atoms with Gasteiger partial charge in [0.1, 0.15) is 0 Å². The van der Waals surface area contributed by atoms with Crippen molar-refractivity contribution in [2.24, 2.45) is 23.7 Å². The van der Waals surface area contributed by atoms with E-state index in [9.17, 15) is 14.4 Å². The van der Waals surface area contributed by atoms with E-state index >= 15 is 0 Å². The summed E-state index contributed by atoms with van der Waals surface area (Å²) < 4.78 is 0. The van der Waals surface area contributed by atoms with Gasteiger partial charge >= 0.3 is 5.97 Å². The minimum atomic E-state index is -0.810. The maximum atomic E-state index is 13.5. The molecule has 0 radical (unpaired) electrons. The van der Waals surface area contributed by atoms with Crippen molar-refractivity contribution in [1.29, 1.82) is 0 Å². The van der Waals surface area contributed by atoms with Crippen molar-refractivity contribution >= 4 is 17.8 Å². The van der Waals surface area contributed by atoms with Crippen molar-refractivity contribution in [3.8, 4) is 0 Å². The van der Waals surface area contributed by atoms with E-state index in [0.29, 0.717) is 42.4 Å². The van der Waals surface area contributed by atoms with Gasteiger partial charge in [0.05, 0.1) is 6.42 Å². The standard InChI is InChI=1S/C30H45N3O4/c1-20(2)26-12-7-21(3)13-29(35)33-18-24-14-25(27(33)5-4-6-28(34)31-26)19-32(17-24)16-23-10-8-22(9-11-23)15-30(36)37/h8-11,20-21,24-27H,4-7,12-19H2,1-3H3,(H,31,34)(H,36,37)/t21-,24+,25-,26+,27+/m1/s1. The van der Waals surface area contributed by atoms with E-state index in [0.717, 1.165) is 63.8 Å². The number of nitrogens with one attached hydrogen (secondary N) is 1. The second-order valence-corrected chi connectivity index (χ2v) is 12.3. The van der Waals surface area contributed by atoms with Crippen LogP contribution < -0.4 is 5.32 Å². The zero-order valence-corrected chi connectivity index (χ0v) is 22.8. The highest BCUT2D eigenvalue weighted by Gasteiger charge is 2.42. The largest absolute Gasteiger partial charge is 0.481 e. The summed E-state index contributed by atoms with van der Waals surface area (Å²) in [5.74, 6) is 1.24. The molecule has 0 aliphatic carbocycles. The first-order valence-electron chi connectivity index (χ1n) is 14.3. The molecule has 1 aromatic carbocycles. The number of hydrogen-bond donors (Lipinski definition) is 2. The Balaban J connectivity index is 1.44. The van der Waals surface area contributed by atoms with Gasteiger partial charge < -0.3 is 15.3 Å². The number of carboxylic acids is 1. The van der Waals surface area contributed by atoms with E-state index in [1.165, 1.54) is 5.56 Å². The first kappa shape index (κ1) is 27.6. The fourth-order valence-electron chi connectivity index (χ4n) is 6.73. The molecule has 2 amide bonds. The van der Waals surface area contributed by atoms with Crippen LogP contribution in [-0.4, -0.2) is 64.4 Å². The number of piperidine rings is 2. The number of rotatable bonds is 5. The third kappa shape index (κ3) is 7.56. The summed E-state index contributed by atoms with van der Waals surface area (Å²) >= 11 is 0. The van der Waals surface area contributed by atoms with Crippen molar-refractivity contribution in [3.63, 3.8) is 0 Å². The predicted molar refractivity (Wildman–Crippen MR) is 144 cm³/mol. The summed E-state index contributed by atoms with van der Waals surface area (Å²) in [7, 11) is 0. The summed E-state index contributed by atoms with van der Waals surface area (Å²) in [6.07, 6.45) is 5.91. The molecule has 3 saturated heterocycles. The Morgan fingerprint density at radius 2 is 1.78 bits per heavy atom. The van der Waals surface area contributed by atoms with Crippen LogP contribution in [0.2, 0.25) is 0 Å². The van der Waals surface area contributed by atoms with Crippen molar-refractivity contribution in [2.45, 2.75) is 90.8 Å². The highest BCUT2D eigenvalue weighted by Crippen LogP contribution is 2.37. The van der Waals surface area contributed by atoms with E-state index in [2.05, 4.69) is 35.9 Å². The van der Waals surface area contributed by atoms with Gasteiger partial charge in [0.15, 0.2) is 0 Å². The second kappa shape index (κ2) is 12.4. The van der Waals surface area contributed by atoms with Crippen LogP contribution in [0.4, 0.5) is 0 Å². The molecule has 7 heteroatoms.